The SMILES string of the molecule is CC(C)(C)OC(=O)NCCCC(=O)N1CCOC(c2ccc(F)cc2)C1. The number of morpholine rings is 1. The van der Waals surface area contributed by atoms with Gasteiger partial charge >= 0.3 is 6.09 Å². The summed E-state index contributed by atoms with van der Waals surface area (Å²) in [6.45, 7) is 7.21. The van der Waals surface area contributed by atoms with E-state index in [0.717, 1.165) is 5.56 Å². The van der Waals surface area contributed by atoms with Crippen molar-refractivity contribution in [2.75, 3.05) is 26.2 Å². The Labute approximate surface area is 153 Å². The zero-order valence-corrected chi connectivity index (χ0v) is 15.6. The Bertz CT molecular complexity index is 613. The van der Waals surface area contributed by atoms with Gasteiger partial charge in [-0.1, -0.05) is 12.1 Å². The number of amides is 2. The van der Waals surface area contributed by atoms with Crippen molar-refractivity contribution in [3.05, 3.63) is 35.6 Å². The molecule has 1 fully saturated rings. The first kappa shape index (κ1) is 20.2. The van der Waals surface area contributed by atoms with Gasteiger partial charge < -0.3 is 19.7 Å². The highest BCUT2D eigenvalue weighted by Gasteiger charge is 2.25. The van der Waals surface area contributed by atoms with E-state index in [9.17, 15) is 14.0 Å². The monoisotopic (exact) mass is 366 g/mol. The normalized spacial score (nSPS) is 17.7. The Morgan fingerprint density at radius 3 is 2.65 bits per heavy atom. The first-order valence-corrected chi connectivity index (χ1v) is 8.86. The number of ether oxygens (including phenoxy) is 2. The number of halogens is 1. The Balaban J connectivity index is 1.73. The second-order valence-electron chi connectivity index (χ2n) is 7.28. The van der Waals surface area contributed by atoms with Gasteiger partial charge in [0.1, 0.15) is 17.5 Å². The summed E-state index contributed by atoms with van der Waals surface area (Å²) >= 11 is 0. The van der Waals surface area contributed by atoms with Crippen molar-refractivity contribution in [1.82, 2.24) is 10.2 Å². The van der Waals surface area contributed by atoms with Gasteiger partial charge in [-0.2, -0.15) is 0 Å². The number of benzene rings is 1. The average molecular weight is 366 g/mol. The molecule has 0 bridgehead atoms. The average Bonchev–Trinajstić information content (AvgIpc) is 2.58. The zero-order chi connectivity index (χ0) is 19.2. The minimum absolute atomic E-state index is 0.0198. The topological polar surface area (TPSA) is 67.9 Å². The molecule has 1 unspecified atom stereocenters. The number of hydrogen-bond acceptors (Lipinski definition) is 4. The van der Waals surface area contributed by atoms with Gasteiger partial charge in [0.2, 0.25) is 5.91 Å². The second-order valence-corrected chi connectivity index (χ2v) is 7.28. The van der Waals surface area contributed by atoms with E-state index in [2.05, 4.69) is 5.32 Å². The highest BCUT2D eigenvalue weighted by molar-refractivity contribution is 5.76. The van der Waals surface area contributed by atoms with Crippen LogP contribution in [0.1, 0.15) is 45.3 Å². The molecular formula is C19H27FN2O4. The van der Waals surface area contributed by atoms with Crippen LogP contribution in [0.4, 0.5) is 9.18 Å². The maximum Gasteiger partial charge on any atom is 0.407 e. The summed E-state index contributed by atoms with van der Waals surface area (Å²) in [5.74, 6) is -0.277. The molecule has 144 valence electrons. The van der Waals surface area contributed by atoms with Crippen molar-refractivity contribution < 1.29 is 23.5 Å². The van der Waals surface area contributed by atoms with Gasteiger partial charge in [0.05, 0.1) is 13.2 Å². The summed E-state index contributed by atoms with van der Waals surface area (Å²) < 4.78 is 23.9. The maximum absolute atomic E-state index is 13.0. The molecule has 1 heterocycles. The molecule has 6 nitrogen and oxygen atoms in total. The number of carbonyl (C=O) groups is 2. The van der Waals surface area contributed by atoms with E-state index < -0.39 is 11.7 Å². The van der Waals surface area contributed by atoms with Gasteiger partial charge in [0.25, 0.3) is 0 Å². The van der Waals surface area contributed by atoms with E-state index in [1.54, 1.807) is 37.8 Å². The van der Waals surface area contributed by atoms with E-state index in [4.69, 9.17) is 9.47 Å². The van der Waals surface area contributed by atoms with Crippen molar-refractivity contribution in [3.8, 4) is 0 Å². The predicted molar refractivity (Wildman–Crippen MR) is 95.1 cm³/mol. The number of nitrogens with zero attached hydrogens (tertiary/aromatic N) is 1. The lowest BCUT2D eigenvalue weighted by atomic mass is 10.1. The molecular weight excluding hydrogens is 339 g/mol. The molecule has 26 heavy (non-hydrogen) atoms. The molecule has 2 rings (SSSR count). The van der Waals surface area contributed by atoms with Gasteiger partial charge in [0.15, 0.2) is 0 Å². The third kappa shape index (κ3) is 6.63. The van der Waals surface area contributed by atoms with Gasteiger partial charge in [-0.05, 0) is 44.9 Å². The Morgan fingerprint density at radius 1 is 1.31 bits per heavy atom. The van der Waals surface area contributed by atoms with Crippen LogP contribution >= 0.6 is 0 Å². The predicted octanol–water partition coefficient (Wildman–Crippen LogP) is 3.03. The molecule has 2 amide bonds. The van der Waals surface area contributed by atoms with Crippen molar-refractivity contribution in [3.63, 3.8) is 0 Å². The molecule has 0 saturated carbocycles. The molecule has 1 saturated heterocycles. The lowest BCUT2D eigenvalue weighted by molar-refractivity contribution is -0.139. The van der Waals surface area contributed by atoms with E-state index in [-0.39, 0.29) is 17.8 Å². The van der Waals surface area contributed by atoms with E-state index in [1.807, 2.05) is 0 Å². The fourth-order valence-electron chi connectivity index (χ4n) is 2.66. The minimum atomic E-state index is -0.539. The van der Waals surface area contributed by atoms with Crippen LogP contribution in [0.15, 0.2) is 24.3 Å². The number of nitrogens with one attached hydrogen (secondary N) is 1. The Hall–Kier alpha value is -2.15. The van der Waals surface area contributed by atoms with Crippen molar-refractivity contribution >= 4 is 12.0 Å². The van der Waals surface area contributed by atoms with Crippen LogP contribution in [-0.2, 0) is 14.3 Å². The van der Waals surface area contributed by atoms with E-state index in [1.165, 1.54) is 12.1 Å². The van der Waals surface area contributed by atoms with Crippen molar-refractivity contribution in [2.45, 2.75) is 45.3 Å². The highest BCUT2D eigenvalue weighted by atomic mass is 19.1. The number of carbonyl (C=O) groups excluding carboxylic acids is 2. The molecule has 7 heteroatoms. The molecule has 0 radical (unpaired) electrons. The molecule has 1 atom stereocenters. The van der Waals surface area contributed by atoms with Crippen molar-refractivity contribution in [2.24, 2.45) is 0 Å². The standard InChI is InChI=1S/C19H27FN2O4/c1-19(2,3)26-18(24)21-10-4-5-17(23)22-11-12-25-16(13-22)14-6-8-15(20)9-7-14/h6-9,16H,4-5,10-13H2,1-3H3,(H,21,24). The molecule has 0 aliphatic carbocycles. The van der Waals surface area contributed by atoms with Crippen LogP contribution in [0, 0.1) is 5.82 Å². The highest BCUT2D eigenvalue weighted by Crippen LogP contribution is 2.23. The molecule has 1 aromatic rings. The maximum atomic E-state index is 13.0. The summed E-state index contributed by atoms with van der Waals surface area (Å²) in [4.78, 5) is 25.7. The van der Waals surface area contributed by atoms with Crippen LogP contribution in [0.2, 0.25) is 0 Å². The van der Waals surface area contributed by atoms with Gasteiger partial charge in [0, 0.05) is 19.5 Å². The summed E-state index contributed by atoms with van der Waals surface area (Å²) in [6, 6.07) is 6.14. The summed E-state index contributed by atoms with van der Waals surface area (Å²) in [6.07, 6.45) is 0.156. The smallest absolute Gasteiger partial charge is 0.407 e. The summed E-state index contributed by atoms with van der Waals surface area (Å²) in [7, 11) is 0. The van der Waals surface area contributed by atoms with Crippen molar-refractivity contribution in [1.29, 1.82) is 0 Å². The number of rotatable bonds is 5. The Morgan fingerprint density at radius 2 is 2.00 bits per heavy atom. The molecule has 1 aliphatic heterocycles. The molecule has 1 aromatic carbocycles. The van der Waals surface area contributed by atoms with Crippen LogP contribution in [0.5, 0.6) is 0 Å². The fraction of sp³-hybridized carbons (Fsp3) is 0.579. The van der Waals surface area contributed by atoms with Gasteiger partial charge in [-0.3, -0.25) is 4.79 Å². The lowest BCUT2D eigenvalue weighted by Gasteiger charge is -2.33. The van der Waals surface area contributed by atoms with E-state index >= 15 is 0 Å². The fourth-order valence-corrected chi connectivity index (χ4v) is 2.66. The zero-order valence-electron chi connectivity index (χ0n) is 15.6. The summed E-state index contributed by atoms with van der Waals surface area (Å²) in [5, 5.41) is 2.65. The molecule has 1 aliphatic rings. The largest absolute Gasteiger partial charge is 0.444 e. The Kier molecular flexibility index (Phi) is 6.97. The third-order valence-corrected chi connectivity index (χ3v) is 3.90. The van der Waals surface area contributed by atoms with Crippen LogP contribution in [0.25, 0.3) is 0 Å². The quantitative estimate of drug-likeness (QED) is 0.814. The number of hydrogen-bond donors (Lipinski definition) is 1. The molecule has 0 aromatic heterocycles. The first-order chi connectivity index (χ1) is 12.2. The minimum Gasteiger partial charge on any atom is -0.444 e. The molecule has 1 N–H and O–H groups in total. The van der Waals surface area contributed by atoms with Gasteiger partial charge in [-0.15, -0.1) is 0 Å². The number of alkyl carbamates (subject to hydrolysis) is 1. The van der Waals surface area contributed by atoms with Crippen LogP contribution in [-0.4, -0.2) is 48.7 Å². The van der Waals surface area contributed by atoms with Crippen LogP contribution < -0.4 is 5.32 Å². The van der Waals surface area contributed by atoms with Crippen LogP contribution in [0.3, 0.4) is 0 Å². The molecule has 0 spiro atoms. The second kappa shape index (κ2) is 8.98. The lowest BCUT2D eigenvalue weighted by Crippen LogP contribution is -2.42. The first-order valence-electron chi connectivity index (χ1n) is 8.86. The summed E-state index contributed by atoms with van der Waals surface area (Å²) in [5.41, 5.74) is 0.318. The van der Waals surface area contributed by atoms with E-state index in [0.29, 0.717) is 39.1 Å². The van der Waals surface area contributed by atoms with Gasteiger partial charge in [-0.25, -0.2) is 9.18 Å². The third-order valence-electron chi connectivity index (χ3n) is 3.90.